The highest BCUT2D eigenvalue weighted by atomic mass is 79.9. The summed E-state index contributed by atoms with van der Waals surface area (Å²) in [4.78, 5) is 23.2. The Balaban J connectivity index is 2.85. The van der Waals surface area contributed by atoms with Crippen molar-refractivity contribution in [3.63, 3.8) is 0 Å². The summed E-state index contributed by atoms with van der Waals surface area (Å²) >= 11 is 3.33. The van der Waals surface area contributed by atoms with Gasteiger partial charge < -0.3 is 4.42 Å². The van der Waals surface area contributed by atoms with Crippen LogP contribution in [0.4, 0.5) is 0 Å². The second-order valence-electron chi connectivity index (χ2n) is 4.32. The molecule has 0 saturated carbocycles. The van der Waals surface area contributed by atoms with Crippen molar-refractivity contribution in [1.82, 2.24) is 4.57 Å². The molecule has 5 heteroatoms. The van der Waals surface area contributed by atoms with Crippen molar-refractivity contribution in [1.29, 1.82) is 0 Å². The maximum absolute atomic E-state index is 11.7. The molecule has 0 atom stereocenters. The maximum atomic E-state index is 11.7. The first-order valence-electron chi connectivity index (χ1n) is 5.32. The molecule has 0 bridgehead atoms. The summed E-state index contributed by atoms with van der Waals surface area (Å²) in [6, 6.07) is 5.17. The minimum atomic E-state index is -0.602. The van der Waals surface area contributed by atoms with Gasteiger partial charge in [0, 0.05) is 11.0 Å². The van der Waals surface area contributed by atoms with Crippen LogP contribution < -0.4 is 11.4 Å². The van der Waals surface area contributed by atoms with E-state index in [-0.39, 0.29) is 0 Å². The maximum Gasteiger partial charge on any atom is 0.422 e. The van der Waals surface area contributed by atoms with Crippen LogP contribution in [0.2, 0.25) is 0 Å². The molecule has 0 N–H and O–H groups in total. The normalized spacial score (nSPS) is 11.3. The third-order valence-electron chi connectivity index (χ3n) is 2.42. The SMILES string of the molecule is CC(C)Cn1c(=O)oc(=O)c2ccc(Br)cc21. The molecule has 2 rings (SSSR count). The first-order chi connectivity index (χ1) is 7.99. The molecule has 0 aliphatic rings. The van der Waals surface area contributed by atoms with E-state index >= 15 is 0 Å². The molecule has 0 fully saturated rings. The van der Waals surface area contributed by atoms with E-state index in [1.54, 1.807) is 18.2 Å². The van der Waals surface area contributed by atoms with Crippen molar-refractivity contribution in [3.05, 3.63) is 43.6 Å². The van der Waals surface area contributed by atoms with E-state index in [0.717, 1.165) is 4.47 Å². The molecule has 1 heterocycles. The summed E-state index contributed by atoms with van der Waals surface area (Å²) in [5, 5.41) is 0.424. The van der Waals surface area contributed by atoms with Gasteiger partial charge in [-0.25, -0.2) is 9.59 Å². The van der Waals surface area contributed by atoms with E-state index in [1.165, 1.54) is 4.57 Å². The Morgan fingerprint density at radius 3 is 2.71 bits per heavy atom. The zero-order chi connectivity index (χ0) is 12.6. The highest BCUT2D eigenvalue weighted by Gasteiger charge is 2.10. The number of aromatic nitrogens is 1. The molecule has 0 spiro atoms. The fraction of sp³-hybridized carbons (Fsp3) is 0.333. The van der Waals surface area contributed by atoms with Gasteiger partial charge in [0.1, 0.15) is 0 Å². The summed E-state index contributed by atoms with van der Waals surface area (Å²) < 4.78 is 7.02. The molecule has 17 heavy (non-hydrogen) atoms. The molecule has 90 valence electrons. The van der Waals surface area contributed by atoms with Crippen LogP contribution in [-0.4, -0.2) is 4.57 Å². The monoisotopic (exact) mass is 297 g/mol. The molecular formula is C12H12BrNO3. The lowest BCUT2D eigenvalue weighted by Gasteiger charge is -2.10. The van der Waals surface area contributed by atoms with Crippen molar-refractivity contribution in [2.24, 2.45) is 5.92 Å². The van der Waals surface area contributed by atoms with Crippen LogP contribution in [0.25, 0.3) is 10.9 Å². The van der Waals surface area contributed by atoms with Gasteiger partial charge in [0.05, 0.1) is 10.9 Å². The highest BCUT2D eigenvalue weighted by Crippen LogP contribution is 2.16. The standard InChI is InChI=1S/C12H12BrNO3/c1-7(2)6-14-10-5-8(13)3-4-9(10)11(15)17-12(14)16/h3-5,7H,6H2,1-2H3. The average Bonchev–Trinajstić information content (AvgIpc) is 2.23. The van der Waals surface area contributed by atoms with Gasteiger partial charge in [0.25, 0.3) is 0 Å². The van der Waals surface area contributed by atoms with E-state index in [9.17, 15) is 9.59 Å². The van der Waals surface area contributed by atoms with Gasteiger partial charge in [0.2, 0.25) is 0 Å². The van der Waals surface area contributed by atoms with Crippen molar-refractivity contribution >= 4 is 26.8 Å². The van der Waals surface area contributed by atoms with E-state index in [0.29, 0.717) is 23.4 Å². The molecule has 4 nitrogen and oxygen atoms in total. The molecule has 0 unspecified atom stereocenters. The summed E-state index contributed by atoms with van der Waals surface area (Å²) in [5.41, 5.74) is 0.0202. The predicted octanol–water partition coefficient (Wildman–Crippen LogP) is 2.37. The first-order valence-corrected chi connectivity index (χ1v) is 6.11. The largest absolute Gasteiger partial charge is 0.422 e. The second-order valence-corrected chi connectivity index (χ2v) is 5.24. The molecule has 0 radical (unpaired) electrons. The molecular weight excluding hydrogens is 286 g/mol. The van der Waals surface area contributed by atoms with Crippen LogP contribution in [0.5, 0.6) is 0 Å². The quantitative estimate of drug-likeness (QED) is 0.855. The highest BCUT2D eigenvalue weighted by molar-refractivity contribution is 9.10. The van der Waals surface area contributed by atoms with Crippen molar-refractivity contribution in [2.75, 3.05) is 0 Å². The second kappa shape index (κ2) is 4.49. The van der Waals surface area contributed by atoms with Crippen LogP contribution in [0, 0.1) is 5.92 Å². The third-order valence-corrected chi connectivity index (χ3v) is 2.91. The van der Waals surface area contributed by atoms with Gasteiger partial charge in [-0.1, -0.05) is 29.8 Å². The lowest BCUT2D eigenvalue weighted by Crippen LogP contribution is -2.26. The van der Waals surface area contributed by atoms with Gasteiger partial charge in [0.15, 0.2) is 0 Å². The number of hydrogen-bond donors (Lipinski definition) is 0. The Bertz CT molecular complexity index is 669. The predicted molar refractivity (Wildman–Crippen MR) is 69.3 cm³/mol. The summed E-state index contributed by atoms with van der Waals surface area (Å²) in [7, 11) is 0. The average molecular weight is 298 g/mol. The van der Waals surface area contributed by atoms with Gasteiger partial charge in [-0.3, -0.25) is 4.57 Å². The van der Waals surface area contributed by atoms with Crippen LogP contribution in [-0.2, 0) is 6.54 Å². The summed E-state index contributed by atoms with van der Waals surface area (Å²) in [5.74, 6) is -0.308. The molecule has 0 amide bonds. The lowest BCUT2D eigenvalue weighted by atomic mass is 10.2. The first kappa shape index (κ1) is 12.1. The number of hydrogen-bond acceptors (Lipinski definition) is 3. The Hall–Kier alpha value is -1.36. The molecule has 0 aliphatic carbocycles. The van der Waals surface area contributed by atoms with Gasteiger partial charge >= 0.3 is 11.4 Å². The van der Waals surface area contributed by atoms with Gasteiger partial charge in [-0.15, -0.1) is 0 Å². The third kappa shape index (κ3) is 2.34. The van der Waals surface area contributed by atoms with Gasteiger partial charge in [-0.05, 0) is 24.1 Å². The summed E-state index contributed by atoms with van der Waals surface area (Å²) in [6.07, 6.45) is 0. The lowest BCUT2D eigenvalue weighted by molar-refractivity contribution is 0.393. The number of rotatable bonds is 2. The van der Waals surface area contributed by atoms with Crippen molar-refractivity contribution in [3.8, 4) is 0 Å². The van der Waals surface area contributed by atoms with Crippen molar-refractivity contribution < 1.29 is 4.42 Å². The Morgan fingerprint density at radius 1 is 1.35 bits per heavy atom. The van der Waals surface area contributed by atoms with Gasteiger partial charge in [-0.2, -0.15) is 0 Å². The van der Waals surface area contributed by atoms with Crippen LogP contribution >= 0.6 is 15.9 Å². The topological polar surface area (TPSA) is 52.2 Å². The zero-order valence-electron chi connectivity index (χ0n) is 9.57. The molecule has 1 aromatic heterocycles. The smallest absolute Gasteiger partial charge is 0.372 e. The molecule has 1 aromatic carbocycles. The van der Waals surface area contributed by atoms with E-state index in [4.69, 9.17) is 4.42 Å². The minimum absolute atomic E-state index is 0.294. The fourth-order valence-corrected chi connectivity index (χ4v) is 2.08. The Labute approximate surface area is 106 Å². The summed E-state index contributed by atoms with van der Waals surface area (Å²) in [6.45, 7) is 4.53. The van der Waals surface area contributed by atoms with E-state index < -0.39 is 11.4 Å². The number of nitrogens with zero attached hydrogens (tertiary/aromatic N) is 1. The number of fused-ring (bicyclic) bond motifs is 1. The Kier molecular flexibility index (Phi) is 3.19. The van der Waals surface area contributed by atoms with E-state index in [1.807, 2.05) is 13.8 Å². The molecule has 0 saturated heterocycles. The zero-order valence-corrected chi connectivity index (χ0v) is 11.2. The van der Waals surface area contributed by atoms with Crippen LogP contribution in [0.15, 0.2) is 36.7 Å². The molecule has 2 aromatic rings. The fourth-order valence-electron chi connectivity index (χ4n) is 1.73. The number of halogens is 1. The number of benzene rings is 1. The minimum Gasteiger partial charge on any atom is -0.372 e. The van der Waals surface area contributed by atoms with Crippen molar-refractivity contribution in [2.45, 2.75) is 20.4 Å². The Morgan fingerprint density at radius 2 is 2.06 bits per heavy atom. The van der Waals surface area contributed by atoms with E-state index in [2.05, 4.69) is 15.9 Å². The molecule has 0 aliphatic heterocycles. The van der Waals surface area contributed by atoms with Crippen LogP contribution in [0.1, 0.15) is 13.8 Å². The van der Waals surface area contributed by atoms with Crippen LogP contribution in [0.3, 0.4) is 0 Å².